The summed E-state index contributed by atoms with van der Waals surface area (Å²) < 4.78 is 26.3. The molecule has 2 rings (SSSR count). The average Bonchev–Trinajstić information content (AvgIpc) is 2.51. The van der Waals surface area contributed by atoms with Gasteiger partial charge in [-0.15, -0.1) is 0 Å². The van der Waals surface area contributed by atoms with Gasteiger partial charge in [-0.25, -0.2) is 8.42 Å². The fourth-order valence-corrected chi connectivity index (χ4v) is 4.11. The van der Waals surface area contributed by atoms with E-state index in [2.05, 4.69) is 11.4 Å². The normalized spacial score (nSPS) is 15.3. The number of nitrogens with zero attached hydrogens (tertiary/aromatic N) is 1. The van der Waals surface area contributed by atoms with Gasteiger partial charge in [0.1, 0.15) is 0 Å². The fourth-order valence-electron chi connectivity index (χ4n) is 2.63. The smallest absolute Gasteiger partial charge is 0.219 e. The Bertz CT molecular complexity index is 614. The van der Waals surface area contributed by atoms with Crippen molar-refractivity contribution in [3.8, 4) is 0 Å². The van der Waals surface area contributed by atoms with Crippen LogP contribution in [0.2, 0.25) is 0 Å². The minimum Gasteiger partial charge on any atom is -0.356 e. The molecule has 6 heteroatoms. The van der Waals surface area contributed by atoms with Gasteiger partial charge in [0.15, 0.2) is 0 Å². The monoisotopic (exact) mass is 324 g/mol. The Hall–Kier alpha value is -1.40. The van der Waals surface area contributed by atoms with Gasteiger partial charge < -0.3 is 5.32 Å². The highest BCUT2D eigenvalue weighted by Gasteiger charge is 2.25. The number of carbonyl (C=O) groups is 1. The van der Waals surface area contributed by atoms with Crippen LogP contribution in [0.1, 0.15) is 37.3 Å². The lowest BCUT2D eigenvalue weighted by Crippen LogP contribution is -2.38. The Morgan fingerprint density at radius 1 is 1.27 bits per heavy atom. The van der Waals surface area contributed by atoms with Gasteiger partial charge in [0, 0.05) is 26.1 Å². The summed E-state index contributed by atoms with van der Waals surface area (Å²) in [6, 6.07) is 7.98. The molecule has 0 saturated carbocycles. The summed E-state index contributed by atoms with van der Waals surface area (Å²) in [5.41, 5.74) is 2.33. The van der Waals surface area contributed by atoms with Gasteiger partial charge >= 0.3 is 0 Å². The van der Waals surface area contributed by atoms with E-state index in [0.717, 1.165) is 18.4 Å². The predicted molar refractivity (Wildman–Crippen MR) is 86.9 cm³/mol. The van der Waals surface area contributed by atoms with E-state index in [1.807, 2.05) is 25.1 Å². The molecule has 122 valence electrons. The van der Waals surface area contributed by atoms with Crippen LogP contribution in [0.4, 0.5) is 0 Å². The first kappa shape index (κ1) is 17.0. The van der Waals surface area contributed by atoms with Gasteiger partial charge in [0.25, 0.3) is 0 Å². The summed E-state index contributed by atoms with van der Waals surface area (Å²) >= 11 is 0. The molecule has 1 aromatic carbocycles. The molecule has 0 atom stereocenters. The number of fused-ring (bicyclic) bond motifs is 1. The maximum atomic E-state index is 12.4. The predicted octanol–water partition coefficient (Wildman–Crippen LogP) is 1.68. The third-order valence-electron chi connectivity index (χ3n) is 3.87. The molecule has 1 N–H and O–H groups in total. The molecule has 0 bridgehead atoms. The molecule has 1 amide bonds. The highest BCUT2D eigenvalue weighted by molar-refractivity contribution is 7.89. The first-order chi connectivity index (χ1) is 10.5. The van der Waals surface area contributed by atoms with Gasteiger partial charge in [-0.05, 0) is 30.4 Å². The zero-order chi connectivity index (χ0) is 16.0. The molecule has 1 aromatic rings. The molecular formula is C16H24N2O3S. The molecule has 0 aromatic heterocycles. The van der Waals surface area contributed by atoms with E-state index in [-0.39, 0.29) is 11.7 Å². The standard InChI is InChI=1S/C16H24N2O3S/c1-2-6-16(19)17-10-5-12-22(20,21)18-11-9-14-7-3-4-8-15(14)13-18/h3-4,7-8H,2,5-6,9-13H2,1H3,(H,17,19). The minimum atomic E-state index is -3.25. The summed E-state index contributed by atoms with van der Waals surface area (Å²) in [7, 11) is -3.25. The summed E-state index contributed by atoms with van der Waals surface area (Å²) in [6.07, 6.45) is 2.52. The van der Waals surface area contributed by atoms with E-state index in [1.54, 1.807) is 4.31 Å². The topological polar surface area (TPSA) is 66.5 Å². The molecule has 1 aliphatic heterocycles. The van der Waals surface area contributed by atoms with Crippen molar-refractivity contribution in [1.29, 1.82) is 0 Å². The molecule has 0 aliphatic carbocycles. The quantitative estimate of drug-likeness (QED) is 0.776. The van der Waals surface area contributed by atoms with Crippen molar-refractivity contribution < 1.29 is 13.2 Å². The third-order valence-corrected chi connectivity index (χ3v) is 5.77. The molecule has 22 heavy (non-hydrogen) atoms. The molecular weight excluding hydrogens is 300 g/mol. The van der Waals surface area contributed by atoms with Gasteiger partial charge in [-0.2, -0.15) is 4.31 Å². The van der Waals surface area contributed by atoms with Crippen LogP contribution >= 0.6 is 0 Å². The van der Waals surface area contributed by atoms with Crippen molar-refractivity contribution in [2.45, 2.75) is 39.2 Å². The van der Waals surface area contributed by atoms with E-state index in [9.17, 15) is 13.2 Å². The van der Waals surface area contributed by atoms with Crippen LogP contribution in [0, 0.1) is 0 Å². The van der Waals surface area contributed by atoms with Gasteiger partial charge in [0.05, 0.1) is 5.75 Å². The fraction of sp³-hybridized carbons (Fsp3) is 0.562. The highest BCUT2D eigenvalue weighted by Crippen LogP contribution is 2.21. The van der Waals surface area contributed by atoms with E-state index >= 15 is 0 Å². The van der Waals surface area contributed by atoms with Crippen LogP contribution in [0.3, 0.4) is 0 Å². The molecule has 1 aliphatic rings. The molecule has 5 nitrogen and oxygen atoms in total. The van der Waals surface area contributed by atoms with Crippen LogP contribution in [-0.4, -0.2) is 37.5 Å². The number of benzene rings is 1. The van der Waals surface area contributed by atoms with Crippen LogP contribution in [-0.2, 0) is 27.8 Å². The van der Waals surface area contributed by atoms with Gasteiger partial charge in [-0.3, -0.25) is 4.79 Å². The van der Waals surface area contributed by atoms with E-state index in [4.69, 9.17) is 0 Å². The molecule has 1 heterocycles. The van der Waals surface area contributed by atoms with Crippen molar-refractivity contribution in [2.24, 2.45) is 0 Å². The van der Waals surface area contributed by atoms with Crippen molar-refractivity contribution >= 4 is 15.9 Å². The highest BCUT2D eigenvalue weighted by atomic mass is 32.2. The maximum absolute atomic E-state index is 12.4. The number of nitrogens with one attached hydrogen (secondary N) is 1. The summed E-state index contributed by atoms with van der Waals surface area (Å²) in [4.78, 5) is 11.3. The number of hydrogen-bond acceptors (Lipinski definition) is 3. The number of carbonyl (C=O) groups excluding carboxylic acids is 1. The van der Waals surface area contributed by atoms with Crippen molar-refractivity contribution in [3.63, 3.8) is 0 Å². The Morgan fingerprint density at radius 2 is 2.00 bits per heavy atom. The Balaban J connectivity index is 1.83. The SMILES string of the molecule is CCCC(=O)NCCCS(=O)(=O)N1CCc2ccccc2C1. The second-order valence-electron chi connectivity index (χ2n) is 5.62. The maximum Gasteiger partial charge on any atom is 0.219 e. The molecule has 0 unspecified atom stereocenters. The van der Waals surface area contributed by atoms with Gasteiger partial charge in [0.2, 0.25) is 15.9 Å². The number of hydrogen-bond donors (Lipinski definition) is 1. The van der Waals surface area contributed by atoms with Gasteiger partial charge in [-0.1, -0.05) is 31.2 Å². The molecule has 0 saturated heterocycles. The van der Waals surface area contributed by atoms with E-state index in [1.165, 1.54) is 5.56 Å². The third kappa shape index (κ3) is 4.55. The second-order valence-corrected chi connectivity index (χ2v) is 7.71. The Labute approximate surface area is 132 Å². The first-order valence-corrected chi connectivity index (χ1v) is 9.45. The summed E-state index contributed by atoms with van der Waals surface area (Å²) in [6.45, 7) is 3.36. The zero-order valence-corrected chi connectivity index (χ0v) is 13.9. The van der Waals surface area contributed by atoms with Crippen LogP contribution in [0.5, 0.6) is 0 Å². The average molecular weight is 324 g/mol. The summed E-state index contributed by atoms with van der Waals surface area (Å²) in [5.74, 6) is 0.0773. The lowest BCUT2D eigenvalue weighted by Gasteiger charge is -2.28. The molecule has 0 fully saturated rings. The lowest BCUT2D eigenvalue weighted by atomic mass is 10.0. The van der Waals surface area contributed by atoms with Crippen molar-refractivity contribution in [3.05, 3.63) is 35.4 Å². The van der Waals surface area contributed by atoms with Crippen LogP contribution in [0.25, 0.3) is 0 Å². The minimum absolute atomic E-state index is 0.00759. The first-order valence-electron chi connectivity index (χ1n) is 7.84. The van der Waals surface area contributed by atoms with Crippen molar-refractivity contribution in [1.82, 2.24) is 9.62 Å². The van der Waals surface area contributed by atoms with Crippen LogP contribution in [0.15, 0.2) is 24.3 Å². The molecule has 0 radical (unpaired) electrons. The van der Waals surface area contributed by atoms with E-state index in [0.29, 0.717) is 32.5 Å². The Kier molecular flexibility index (Phi) is 5.97. The van der Waals surface area contributed by atoms with E-state index < -0.39 is 10.0 Å². The van der Waals surface area contributed by atoms with Crippen LogP contribution < -0.4 is 5.32 Å². The largest absolute Gasteiger partial charge is 0.356 e. The van der Waals surface area contributed by atoms with Crippen molar-refractivity contribution in [2.75, 3.05) is 18.8 Å². The zero-order valence-electron chi connectivity index (χ0n) is 13.0. The number of rotatable bonds is 7. The number of amides is 1. The Morgan fingerprint density at radius 3 is 2.73 bits per heavy atom. The summed E-state index contributed by atoms with van der Waals surface area (Å²) in [5, 5.41) is 2.75. The molecule has 0 spiro atoms. The lowest BCUT2D eigenvalue weighted by molar-refractivity contribution is -0.121. The number of sulfonamides is 1. The second kappa shape index (κ2) is 7.74.